The van der Waals surface area contributed by atoms with E-state index in [1.54, 1.807) is 0 Å². The average molecular weight is 257 g/mol. The van der Waals surface area contributed by atoms with E-state index in [1.165, 1.54) is 32.5 Å². The summed E-state index contributed by atoms with van der Waals surface area (Å²) in [4.78, 5) is 2.52. The number of anilines is 1. The molecule has 0 saturated carbocycles. The molecule has 1 aliphatic rings. The SMILES string of the molecule is CCN1CCC(CNc2ccc(C#N)c(C)c2)CC1. The number of hydrogen-bond acceptors (Lipinski definition) is 3. The van der Waals surface area contributed by atoms with Gasteiger partial charge in [-0.05, 0) is 69.1 Å². The van der Waals surface area contributed by atoms with Crippen molar-refractivity contribution in [1.82, 2.24) is 4.90 Å². The maximum Gasteiger partial charge on any atom is 0.0994 e. The molecule has 3 nitrogen and oxygen atoms in total. The topological polar surface area (TPSA) is 39.1 Å². The van der Waals surface area contributed by atoms with Crippen molar-refractivity contribution in [2.75, 3.05) is 31.5 Å². The maximum absolute atomic E-state index is 8.92. The van der Waals surface area contributed by atoms with Crippen LogP contribution in [-0.2, 0) is 0 Å². The summed E-state index contributed by atoms with van der Waals surface area (Å²) < 4.78 is 0. The lowest BCUT2D eigenvalue weighted by atomic mass is 9.96. The number of nitrogens with zero attached hydrogens (tertiary/aromatic N) is 2. The number of rotatable bonds is 4. The Hall–Kier alpha value is -1.53. The van der Waals surface area contributed by atoms with E-state index in [1.807, 2.05) is 19.1 Å². The highest BCUT2D eigenvalue weighted by molar-refractivity contribution is 5.51. The third-order valence-electron chi connectivity index (χ3n) is 4.10. The minimum atomic E-state index is 0.766. The standard InChI is InChI=1S/C16H23N3/c1-3-19-8-6-14(7-9-19)12-18-16-5-4-15(11-17)13(2)10-16/h4-5,10,14,18H,3,6-9,12H2,1-2H3. The van der Waals surface area contributed by atoms with Gasteiger partial charge in [0.2, 0.25) is 0 Å². The molecule has 0 bridgehead atoms. The third kappa shape index (κ3) is 3.71. The van der Waals surface area contributed by atoms with Gasteiger partial charge in [0.15, 0.2) is 0 Å². The molecule has 1 aliphatic heterocycles. The number of hydrogen-bond donors (Lipinski definition) is 1. The van der Waals surface area contributed by atoms with Gasteiger partial charge in [0.25, 0.3) is 0 Å². The van der Waals surface area contributed by atoms with E-state index in [4.69, 9.17) is 5.26 Å². The van der Waals surface area contributed by atoms with Crippen LogP contribution in [0.3, 0.4) is 0 Å². The minimum Gasteiger partial charge on any atom is -0.385 e. The van der Waals surface area contributed by atoms with E-state index in [-0.39, 0.29) is 0 Å². The Bertz CT molecular complexity index is 454. The highest BCUT2D eigenvalue weighted by atomic mass is 15.1. The number of nitriles is 1. The second kappa shape index (κ2) is 6.58. The van der Waals surface area contributed by atoms with Gasteiger partial charge in [0, 0.05) is 12.2 Å². The van der Waals surface area contributed by atoms with Crippen LogP contribution in [0.25, 0.3) is 0 Å². The number of benzene rings is 1. The fraction of sp³-hybridized carbons (Fsp3) is 0.562. The van der Waals surface area contributed by atoms with E-state index < -0.39 is 0 Å². The fourth-order valence-electron chi connectivity index (χ4n) is 2.67. The normalized spacial score (nSPS) is 17.1. The lowest BCUT2D eigenvalue weighted by molar-refractivity contribution is 0.198. The Morgan fingerprint density at radius 3 is 2.68 bits per heavy atom. The molecule has 1 heterocycles. The summed E-state index contributed by atoms with van der Waals surface area (Å²) >= 11 is 0. The lowest BCUT2D eigenvalue weighted by Gasteiger charge is -2.31. The van der Waals surface area contributed by atoms with Crippen LogP contribution in [0, 0.1) is 24.2 Å². The predicted octanol–water partition coefficient (Wildman–Crippen LogP) is 3.01. The monoisotopic (exact) mass is 257 g/mol. The van der Waals surface area contributed by atoms with Crippen molar-refractivity contribution in [1.29, 1.82) is 5.26 Å². The van der Waals surface area contributed by atoms with Crippen molar-refractivity contribution in [2.45, 2.75) is 26.7 Å². The zero-order chi connectivity index (χ0) is 13.7. The molecule has 1 aromatic rings. The first-order valence-electron chi connectivity index (χ1n) is 7.20. The van der Waals surface area contributed by atoms with Crippen LogP contribution in [0.2, 0.25) is 0 Å². The Morgan fingerprint density at radius 1 is 1.37 bits per heavy atom. The zero-order valence-corrected chi connectivity index (χ0v) is 11.9. The van der Waals surface area contributed by atoms with Crippen molar-refractivity contribution in [3.05, 3.63) is 29.3 Å². The van der Waals surface area contributed by atoms with Crippen molar-refractivity contribution in [3.63, 3.8) is 0 Å². The van der Waals surface area contributed by atoms with Gasteiger partial charge >= 0.3 is 0 Å². The van der Waals surface area contributed by atoms with E-state index in [9.17, 15) is 0 Å². The van der Waals surface area contributed by atoms with Crippen LogP contribution < -0.4 is 5.32 Å². The summed E-state index contributed by atoms with van der Waals surface area (Å²) in [6, 6.07) is 8.18. The van der Waals surface area contributed by atoms with Gasteiger partial charge < -0.3 is 10.2 Å². The van der Waals surface area contributed by atoms with Crippen molar-refractivity contribution in [2.24, 2.45) is 5.92 Å². The Labute approximate surface area is 116 Å². The molecule has 0 amide bonds. The molecule has 1 fully saturated rings. The molecule has 3 heteroatoms. The molecule has 0 atom stereocenters. The molecule has 19 heavy (non-hydrogen) atoms. The van der Waals surface area contributed by atoms with Crippen molar-refractivity contribution < 1.29 is 0 Å². The van der Waals surface area contributed by atoms with Gasteiger partial charge in [-0.3, -0.25) is 0 Å². The first-order chi connectivity index (χ1) is 9.22. The molecule has 1 saturated heterocycles. The summed E-state index contributed by atoms with van der Waals surface area (Å²) in [5.74, 6) is 0.777. The Kier molecular flexibility index (Phi) is 4.81. The minimum absolute atomic E-state index is 0.766. The van der Waals surface area contributed by atoms with Crippen molar-refractivity contribution >= 4 is 5.69 Å². The van der Waals surface area contributed by atoms with E-state index in [0.29, 0.717) is 0 Å². The van der Waals surface area contributed by atoms with Gasteiger partial charge in [0.1, 0.15) is 0 Å². The molecule has 0 spiro atoms. The molecule has 102 valence electrons. The summed E-state index contributed by atoms with van der Waals surface area (Å²) in [5.41, 5.74) is 2.95. The first-order valence-corrected chi connectivity index (χ1v) is 7.20. The Morgan fingerprint density at radius 2 is 2.11 bits per heavy atom. The second-order valence-corrected chi connectivity index (χ2v) is 5.40. The lowest BCUT2D eigenvalue weighted by Crippen LogP contribution is -2.35. The molecule has 1 aromatic carbocycles. The molecular formula is C16H23N3. The molecule has 0 radical (unpaired) electrons. The summed E-state index contributed by atoms with van der Waals surface area (Å²) in [7, 11) is 0. The number of piperidine rings is 1. The summed E-state index contributed by atoms with van der Waals surface area (Å²) in [6.45, 7) is 8.91. The molecule has 0 unspecified atom stereocenters. The highest BCUT2D eigenvalue weighted by Crippen LogP contribution is 2.19. The quantitative estimate of drug-likeness (QED) is 0.901. The van der Waals surface area contributed by atoms with E-state index >= 15 is 0 Å². The summed E-state index contributed by atoms with van der Waals surface area (Å²) in [6.07, 6.45) is 2.58. The van der Waals surface area contributed by atoms with Crippen LogP contribution in [0.15, 0.2) is 18.2 Å². The molecule has 1 N–H and O–H groups in total. The van der Waals surface area contributed by atoms with Crippen LogP contribution >= 0.6 is 0 Å². The van der Waals surface area contributed by atoms with Crippen LogP contribution in [-0.4, -0.2) is 31.1 Å². The van der Waals surface area contributed by atoms with Crippen LogP contribution in [0.4, 0.5) is 5.69 Å². The van der Waals surface area contributed by atoms with E-state index in [2.05, 4.69) is 29.3 Å². The molecule has 0 aliphatic carbocycles. The van der Waals surface area contributed by atoms with Crippen LogP contribution in [0.1, 0.15) is 30.9 Å². The summed E-state index contributed by atoms with van der Waals surface area (Å²) in [5, 5.41) is 12.4. The number of likely N-dealkylation sites (tertiary alicyclic amines) is 1. The third-order valence-corrected chi connectivity index (χ3v) is 4.10. The first kappa shape index (κ1) is 13.9. The zero-order valence-electron chi connectivity index (χ0n) is 11.9. The Balaban J connectivity index is 1.83. The fourth-order valence-corrected chi connectivity index (χ4v) is 2.67. The smallest absolute Gasteiger partial charge is 0.0994 e. The molecule has 0 aromatic heterocycles. The molecular weight excluding hydrogens is 234 g/mol. The predicted molar refractivity (Wildman–Crippen MR) is 79.2 cm³/mol. The largest absolute Gasteiger partial charge is 0.385 e. The number of nitrogens with one attached hydrogen (secondary N) is 1. The van der Waals surface area contributed by atoms with Gasteiger partial charge in [-0.25, -0.2) is 0 Å². The molecule has 2 rings (SSSR count). The van der Waals surface area contributed by atoms with E-state index in [0.717, 1.165) is 29.3 Å². The van der Waals surface area contributed by atoms with Gasteiger partial charge in [-0.2, -0.15) is 5.26 Å². The number of aryl methyl sites for hydroxylation is 1. The maximum atomic E-state index is 8.92. The van der Waals surface area contributed by atoms with Gasteiger partial charge in [-0.15, -0.1) is 0 Å². The van der Waals surface area contributed by atoms with Gasteiger partial charge in [0.05, 0.1) is 11.6 Å². The van der Waals surface area contributed by atoms with Gasteiger partial charge in [-0.1, -0.05) is 6.92 Å². The van der Waals surface area contributed by atoms with Crippen LogP contribution in [0.5, 0.6) is 0 Å². The highest BCUT2D eigenvalue weighted by Gasteiger charge is 2.17. The van der Waals surface area contributed by atoms with Crippen molar-refractivity contribution in [3.8, 4) is 6.07 Å². The average Bonchev–Trinajstić information content (AvgIpc) is 2.46. The second-order valence-electron chi connectivity index (χ2n) is 5.40.